The first-order valence-electron chi connectivity index (χ1n) is 5.22. The van der Waals surface area contributed by atoms with E-state index in [4.69, 9.17) is 0 Å². The maximum absolute atomic E-state index is 11.1. The number of pyridine rings is 1. The van der Waals surface area contributed by atoms with Crippen molar-refractivity contribution in [1.29, 1.82) is 0 Å². The molecule has 0 fully saturated rings. The van der Waals surface area contributed by atoms with Crippen LogP contribution in [0.15, 0.2) is 12.3 Å². The Kier molecular flexibility index (Phi) is 2.25. The van der Waals surface area contributed by atoms with Crippen molar-refractivity contribution in [2.45, 2.75) is 33.6 Å². The minimum Gasteiger partial charge on any atom is -0.310 e. The van der Waals surface area contributed by atoms with Gasteiger partial charge in [0.1, 0.15) is 5.82 Å². The Balaban J connectivity index is 2.24. The fourth-order valence-electron chi connectivity index (χ4n) is 1.87. The summed E-state index contributed by atoms with van der Waals surface area (Å²) < 4.78 is 0. The van der Waals surface area contributed by atoms with Gasteiger partial charge in [-0.3, -0.25) is 4.79 Å². The number of carbonyl (C=O) groups is 1. The van der Waals surface area contributed by atoms with E-state index in [-0.39, 0.29) is 11.3 Å². The molecule has 0 aliphatic carbocycles. The lowest BCUT2D eigenvalue weighted by atomic mass is 9.88. The van der Waals surface area contributed by atoms with Crippen molar-refractivity contribution in [3.63, 3.8) is 0 Å². The molecule has 1 aliphatic rings. The molecular weight excluding hydrogens is 188 g/mol. The molecule has 3 heteroatoms. The summed E-state index contributed by atoms with van der Waals surface area (Å²) >= 11 is 0. The second kappa shape index (κ2) is 3.33. The zero-order chi connectivity index (χ0) is 11.1. The van der Waals surface area contributed by atoms with Gasteiger partial charge in [-0.1, -0.05) is 26.8 Å². The standard InChI is InChI=1S/C12H16N2O/c1-12(2,3)6-8-4-9-5-10(15)14-11(9)13-7-8/h4,7H,5-6H2,1-3H3,(H,13,14,15). The van der Waals surface area contributed by atoms with Crippen molar-refractivity contribution < 1.29 is 4.79 Å². The molecule has 80 valence electrons. The molecular formula is C12H16N2O. The Bertz CT molecular complexity index is 405. The predicted molar refractivity (Wildman–Crippen MR) is 59.7 cm³/mol. The van der Waals surface area contributed by atoms with Crippen LogP contribution < -0.4 is 5.32 Å². The van der Waals surface area contributed by atoms with Gasteiger partial charge in [0.05, 0.1) is 6.42 Å². The molecule has 2 heterocycles. The van der Waals surface area contributed by atoms with Crippen molar-refractivity contribution in [2.24, 2.45) is 5.41 Å². The zero-order valence-electron chi connectivity index (χ0n) is 9.42. The van der Waals surface area contributed by atoms with Gasteiger partial charge >= 0.3 is 0 Å². The lowest BCUT2D eigenvalue weighted by Gasteiger charge is -2.18. The van der Waals surface area contributed by atoms with E-state index < -0.39 is 0 Å². The Morgan fingerprint density at radius 1 is 1.47 bits per heavy atom. The number of amides is 1. The van der Waals surface area contributed by atoms with Crippen molar-refractivity contribution in [2.75, 3.05) is 5.32 Å². The number of hydrogen-bond acceptors (Lipinski definition) is 2. The predicted octanol–water partition coefficient (Wildman–Crippen LogP) is 2.16. The molecule has 1 aromatic heterocycles. The monoisotopic (exact) mass is 204 g/mol. The quantitative estimate of drug-likeness (QED) is 0.761. The third-order valence-corrected chi connectivity index (χ3v) is 2.37. The minimum absolute atomic E-state index is 0.0467. The normalized spacial score (nSPS) is 15.0. The minimum atomic E-state index is 0.0467. The lowest BCUT2D eigenvalue weighted by Crippen LogP contribution is -2.09. The lowest BCUT2D eigenvalue weighted by molar-refractivity contribution is -0.115. The molecule has 0 aromatic carbocycles. The number of anilines is 1. The number of hydrogen-bond donors (Lipinski definition) is 1. The number of aromatic nitrogens is 1. The summed E-state index contributed by atoms with van der Waals surface area (Å²) in [6, 6.07) is 2.09. The molecule has 0 spiro atoms. The van der Waals surface area contributed by atoms with E-state index in [1.807, 2.05) is 6.20 Å². The highest BCUT2D eigenvalue weighted by Crippen LogP contribution is 2.25. The van der Waals surface area contributed by atoms with Gasteiger partial charge in [-0.2, -0.15) is 0 Å². The van der Waals surface area contributed by atoms with Crippen LogP contribution in [0.3, 0.4) is 0 Å². The number of rotatable bonds is 1. The van der Waals surface area contributed by atoms with Gasteiger partial charge in [-0.25, -0.2) is 4.98 Å². The van der Waals surface area contributed by atoms with E-state index in [2.05, 4.69) is 37.1 Å². The largest absolute Gasteiger partial charge is 0.310 e. The molecule has 3 nitrogen and oxygen atoms in total. The van der Waals surface area contributed by atoms with Crippen LogP contribution in [0.1, 0.15) is 31.9 Å². The maximum atomic E-state index is 11.1. The fourth-order valence-corrected chi connectivity index (χ4v) is 1.87. The molecule has 1 aliphatic heterocycles. The number of nitrogens with zero attached hydrogens (tertiary/aromatic N) is 1. The average Bonchev–Trinajstić information content (AvgIpc) is 2.40. The van der Waals surface area contributed by atoms with Gasteiger partial charge in [0.2, 0.25) is 5.91 Å². The van der Waals surface area contributed by atoms with E-state index in [1.165, 1.54) is 5.56 Å². The Morgan fingerprint density at radius 2 is 2.20 bits per heavy atom. The van der Waals surface area contributed by atoms with Crippen LogP contribution >= 0.6 is 0 Å². The second-order valence-corrected chi connectivity index (χ2v) is 5.31. The third kappa shape index (κ3) is 2.35. The van der Waals surface area contributed by atoms with Crippen LogP contribution in [0, 0.1) is 5.41 Å². The smallest absolute Gasteiger partial charge is 0.230 e. The van der Waals surface area contributed by atoms with Crippen molar-refractivity contribution in [3.05, 3.63) is 23.4 Å². The maximum Gasteiger partial charge on any atom is 0.230 e. The summed E-state index contributed by atoms with van der Waals surface area (Å²) in [4.78, 5) is 15.4. The SMILES string of the molecule is CC(C)(C)Cc1cnc2c(c1)CC(=O)N2. The number of nitrogens with one attached hydrogen (secondary N) is 1. The van der Waals surface area contributed by atoms with Gasteiger partial charge in [-0.15, -0.1) is 0 Å². The van der Waals surface area contributed by atoms with Gasteiger partial charge < -0.3 is 5.32 Å². The third-order valence-electron chi connectivity index (χ3n) is 2.37. The summed E-state index contributed by atoms with van der Waals surface area (Å²) in [6.45, 7) is 6.59. The van der Waals surface area contributed by atoms with E-state index in [0.717, 1.165) is 17.8 Å². The van der Waals surface area contributed by atoms with Gasteiger partial charge in [0.15, 0.2) is 0 Å². The van der Waals surface area contributed by atoms with Crippen LogP contribution in [0.5, 0.6) is 0 Å². The highest BCUT2D eigenvalue weighted by atomic mass is 16.1. The summed E-state index contributed by atoms with van der Waals surface area (Å²) in [6.07, 6.45) is 3.32. The summed E-state index contributed by atoms with van der Waals surface area (Å²) in [5, 5.41) is 2.74. The van der Waals surface area contributed by atoms with Crippen molar-refractivity contribution in [3.8, 4) is 0 Å². The molecule has 0 saturated carbocycles. The fraction of sp³-hybridized carbons (Fsp3) is 0.500. The van der Waals surface area contributed by atoms with Crippen LogP contribution in [0.25, 0.3) is 0 Å². The van der Waals surface area contributed by atoms with Gasteiger partial charge in [0.25, 0.3) is 0 Å². The van der Waals surface area contributed by atoms with Gasteiger partial charge in [-0.05, 0) is 17.4 Å². The van der Waals surface area contributed by atoms with E-state index in [0.29, 0.717) is 6.42 Å². The molecule has 15 heavy (non-hydrogen) atoms. The second-order valence-electron chi connectivity index (χ2n) is 5.31. The molecule has 0 radical (unpaired) electrons. The van der Waals surface area contributed by atoms with Crippen molar-refractivity contribution in [1.82, 2.24) is 4.98 Å². The molecule has 1 aromatic rings. The first-order valence-corrected chi connectivity index (χ1v) is 5.22. The van der Waals surface area contributed by atoms with E-state index >= 15 is 0 Å². The molecule has 0 atom stereocenters. The zero-order valence-corrected chi connectivity index (χ0v) is 9.42. The first-order chi connectivity index (χ1) is 6.94. The van der Waals surface area contributed by atoms with E-state index in [9.17, 15) is 4.79 Å². The van der Waals surface area contributed by atoms with Gasteiger partial charge in [0, 0.05) is 11.8 Å². The molecule has 0 unspecified atom stereocenters. The Hall–Kier alpha value is -1.38. The number of carbonyl (C=O) groups excluding carboxylic acids is 1. The highest BCUT2D eigenvalue weighted by molar-refractivity contribution is 5.97. The molecule has 0 saturated heterocycles. The molecule has 2 rings (SSSR count). The van der Waals surface area contributed by atoms with Crippen LogP contribution in [-0.4, -0.2) is 10.9 Å². The van der Waals surface area contributed by atoms with E-state index in [1.54, 1.807) is 0 Å². The van der Waals surface area contributed by atoms with Crippen LogP contribution in [-0.2, 0) is 17.6 Å². The summed E-state index contributed by atoms with van der Waals surface area (Å²) in [5.41, 5.74) is 2.49. The number of fused-ring (bicyclic) bond motifs is 1. The van der Waals surface area contributed by atoms with Crippen LogP contribution in [0.4, 0.5) is 5.82 Å². The Morgan fingerprint density at radius 3 is 2.87 bits per heavy atom. The average molecular weight is 204 g/mol. The molecule has 1 N–H and O–H groups in total. The molecule has 0 bridgehead atoms. The topological polar surface area (TPSA) is 42.0 Å². The summed E-state index contributed by atoms with van der Waals surface area (Å²) in [7, 11) is 0. The first kappa shape index (κ1) is 10.1. The van der Waals surface area contributed by atoms with Crippen LogP contribution in [0.2, 0.25) is 0 Å². The highest BCUT2D eigenvalue weighted by Gasteiger charge is 2.20. The Labute approximate surface area is 89.9 Å². The van der Waals surface area contributed by atoms with Crippen molar-refractivity contribution >= 4 is 11.7 Å². The molecule has 1 amide bonds. The summed E-state index contributed by atoms with van der Waals surface area (Å²) in [5.74, 6) is 0.781.